The minimum Gasteiger partial charge on any atom is -0.357 e. The first-order valence-electron chi connectivity index (χ1n) is 10.6. The SMILES string of the molecule is CCCCCCCCCCCCN=CCC[SiH2]C(OCC)OCC. The molecule has 0 atom stereocenters. The number of hydrogen-bond acceptors (Lipinski definition) is 3. The molecule has 0 spiro atoms. The largest absolute Gasteiger partial charge is 0.357 e. The molecule has 0 heterocycles. The highest BCUT2D eigenvalue weighted by Gasteiger charge is 2.06. The molecule has 0 aromatic heterocycles. The first-order chi connectivity index (χ1) is 11.8. The summed E-state index contributed by atoms with van der Waals surface area (Å²) in [6.45, 7) is 8.87. The monoisotopic (exact) mass is 357 g/mol. The molecule has 24 heavy (non-hydrogen) atoms. The fraction of sp³-hybridized carbons (Fsp3) is 0.950. The molecule has 0 amide bonds. The van der Waals surface area contributed by atoms with Gasteiger partial charge in [0.05, 0.1) is 9.52 Å². The molecule has 0 saturated carbocycles. The van der Waals surface area contributed by atoms with Crippen LogP contribution in [0.15, 0.2) is 4.99 Å². The van der Waals surface area contributed by atoms with Crippen molar-refractivity contribution in [3.63, 3.8) is 0 Å². The molecule has 4 heteroatoms. The van der Waals surface area contributed by atoms with Crippen molar-refractivity contribution >= 4 is 15.7 Å². The Morgan fingerprint density at radius 1 is 0.792 bits per heavy atom. The van der Waals surface area contributed by atoms with Crippen molar-refractivity contribution in [2.75, 3.05) is 19.8 Å². The molecular weight excluding hydrogens is 314 g/mol. The van der Waals surface area contributed by atoms with Gasteiger partial charge in [0.25, 0.3) is 0 Å². The zero-order valence-corrected chi connectivity index (χ0v) is 18.1. The summed E-state index contributed by atoms with van der Waals surface area (Å²) in [6, 6.07) is 1.23. The number of nitrogens with zero attached hydrogens (tertiary/aromatic N) is 1. The molecule has 0 saturated heterocycles. The van der Waals surface area contributed by atoms with E-state index in [0.717, 1.165) is 26.2 Å². The van der Waals surface area contributed by atoms with Gasteiger partial charge in [-0.25, -0.2) is 0 Å². The van der Waals surface area contributed by atoms with Gasteiger partial charge in [-0.1, -0.05) is 70.8 Å². The van der Waals surface area contributed by atoms with Crippen LogP contribution in [0, 0.1) is 0 Å². The second kappa shape index (κ2) is 20.9. The lowest BCUT2D eigenvalue weighted by molar-refractivity contribution is -0.0827. The fourth-order valence-electron chi connectivity index (χ4n) is 2.84. The van der Waals surface area contributed by atoms with E-state index in [1.807, 2.05) is 13.8 Å². The summed E-state index contributed by atoms with van der Waals surface area (Å²) in [4.78, 5) is 4.54. The van der Waals surface area contributed by atoms with Gasteiger partial charge in [-0.05, 0) is 32.9 Å². The van der Waals surface area contributed by atoms with Crippen molar-refractivity contribution in [2.45, 2.75) is 103 Å². The summed E-state index contributed by atoms with van der Waals surface area (Å²) in [5.74, 6) is 0.107. The molecule has 0 rings (SSSR count). The van der Waals surface area contributed by atoms with Crippen LogP contribution in [0.3, 0.4) is 0 Å². The number of rotatable bonds is 19. The molecule has 0 unspecified atom stereocenters. The van der Waals surface area contributed by atoms with Gasteiger partial charge in [-0.15, -0.1) is 0 Å². The Hall–Kier alpha value is -0.193. The van der Waals surface area contributed by atoms with Gasteiger partial charge in [0.2, 0.25) is 0 Å². The molecule has 0 N–H and O–H groups in total. The Kier molecular flexibility index (Phi) is 20.7. The topological polar surface area (TPSA) is 30.8 Å². The third-order valence-electron chi connectivity index (χ3n) is 4.25. The van der Waals surface area contributed by atoms with Crippen molar-refractivity contribution in [3.05, 3.63) is 0 Å². The molecule has 0 fully saturated rings. The van der Waals surface area contributed by atoms with Crippen LogP contribution < -0.4 is 0 Å². The minimum absolute atomic E-state index is 0.107. The van der Waals surface area contributed by atoms with Gasteiger partial charge in [0.15, 0.2) is 0 Å². The number of aliphatic imine (C=N–C) groups is 1. The molecule has 0 aliphatic rings. The van der Waals surface area contributed by atoms with Gasteiger partial charge in [0.1, 0.15) is 5.91 Å². The Morgan fingerprint density at radius 3 is 1.88 bits per heavy atom. The van der Waals surface area contributed by atoms with Crippen LogP contribution in [0.1, 0.15) is 91.4 Å². The molecule has 144 valence electrons. The van der Waals surface area contributed by atoms with E-state index in [0.29, 0.717) is 0 Å². The van der Waals surface area contributed by atoms with Gasteiger partial charge in [-0.3, -0.25) is 4.99 Å². The summed E-state index contributed by atoms with van der Waals surface area (Å²) >= 11 is 0. The van der Waals surface area contributed by atoms with Crippen LogP contribution in [0.2, 0.25) is 6.04 Å². The first-order valence-corrected chi connectivity index (χ1v) is 12.4. The van der Waals surface area contributed by atoms with Crippen LogP contribution in [0.5, 0.6) is 0 Å². The van der Waals surface area contributed by atoms with E-state index < -0.39 is 0 Å². The normalized spacial score (nSPS) is 12.3. The maximum Gasteiger partial charge on any atom is 0.134 e. The lowest BCUT2D eigenvalue weighted by Crippen LogP contribution is -2.24. The second-order valence-corrected chi connectivity index (χ2v) is 8.49. The van der Waals surface area contributed by atoms with Gasteiger partial charge in [-0.2, -0.15) is 0 Å². The standard InChI is InChI=1S/C20H43NO2Si/c1-4-7-8-9-10-11-12-13-14-15-17-21-18-16-19-24-20(22-5-2)23-6-3/h18,20H,4-17,19,24H2,1-3H3. The molecule has 3 nitrogen and oxygen atoms in total. The third-order valence-corrected chi connectivity index (χ3v) is 6.01. The lowest BCUT2D eigenvalue weighted by Gasteiger charge is -2.15. The number of unbranched alkanes of at least 4 members (excludes halogenated alkanes) is 9. The molecule has 0 aliphatic carbocycles. The van der Waals surface area contributed by atoms with Crippen LogP contribution in [0.4, 0.5) is 0 Å². The average molecular weight is 358 g/mol. The average Bonchev–Trinajstić information content (AvgIpc) is 2.58. The smallest absolute Gasteiger partial charge is 0.134 e. The fourth-order valence-corrected chi connectivity index (χ4v) is 4.39. The van der Waals surface area contributed by atoms with Crippen molar-refractivity contribution in [3.8, 4) is 0 Å². The zero-order chi connectivity index (χ0) is 17.7. The summed E-state index contributed by atoms with van der Waals surface area (Å²) in [5.41, 5.74) is 0. The summed E-state index contributed by atoms with van der Waals surface area (Å²) in [5, 5.41) is 0. The number of ether oxygens (including phenoxy) is 2. The maximum atomic E-state index is 5.60. The predicted molar refractivity (Wildman–Crippen MR) is 110 cm³/mol. The van der Waals surface area contributed by atoms with E-state index >= 15 is 0 Å². The van der Waals surface area contributed by atoms with Gasteiger partial charge >= 0.3 is 0 Å². The maximum absolute atomic E-state index is 5.60. The molecule has 0 radical (unpaired) electrons. The first kappa shape index (κ1) is 23.8. The highest BCUT2D eigenvalue weighted by molar-refractivity contribution is 6.36. The van der Waals surface area contributed by atoms with E-state index in [-0.39, 0.29) is 15.4 Å². The Labute approximate surface area is 153 Å². The third kappa shape index (κ3) is 18.1. The van der Waals surface area contributed by atoms with Crippen molar-refractivity contribution in [1.29, 1.82) is 0 Å². The van der Waals surface area contributed by atoms with E-state index in [1.54, 1.807) is 0 Å². The van der Waals surface area contributed by atoms with E-state index in [1.165, 1.54) is 70.3 Å². The van der Waals surface area contributed by atoms with Crippen molar-refractivity contribution in [2.24, 2.45) is 4.99 Å². The Balaban J connectivity index is 3.26. The van der Waals surface area contributed by atoms with Crippen LogP contribution in [-0.4, -0.2) is 41.4 Å². The Bertz CT molecular complexity index is 256. The van der Waals surface area contributed by atoms with E-state index in [4.69, 9.17) is 9.47 Å². The minimum atomic E-state index is -0.294. The molecule has 0 bridgehead atoms. The molecular formula is C20H43NO2Si. The van der Waals surface area contributed by atoms with Crippen LogP contribution in [-0.2, 0) is 9.47 Å². The predicted octanol–water partition coefficient (Wildman–Crippen LogP) is 5.31. The lowest BCUT2D eigenvalue weighted by atomic mass is 10.1. The highest BCUT2D eigenvalue weighted by Crippen LogP contribution is 2.10. The van der Waals surface area contributed by atoms with Crippen LogP contribution >= 0.6 is 0 Å². The van der Waals surface area contributed by atoms with Gasteiger partial charge < -0.3 is 9.47 Å². The zero-order valence-electron chi connectivity index (χ0n) is 16.7. The van der Waals surface area contributed by atoms with Crippen LogP contribution in [0.25, 0.3) is 0 Å². The Morgan fingerprint density at radius 2 is 1.33 bits per heavy atom. The summed E-state index contributed by atoms with van der Waals surface area (Å²) < 4.78 is 11.2. The summed E-state index contributed by atoms with van der Waals surface area (Å²) in [6.07, 6.45) is 17.1. The molecule has 0 aromatic carbocycles. The van der Waals surface area contributed by atoms with Crippen molar-refractivity contribution in [1.82, 2.24) is 0 Å². The molecule has 0 aliphatic heterocycles. The summed E-state index contributed by atoms with van der Waals surface area (Å²) in [7, 11) is -0.294. The highest BCUT2D eigenvalue weighted by atomic mass is 28.2. The van der Waals surface area contributed by atoms with E-state index in [2.05, 4.69) is 18.1 Å². The van der Waals surface area contributed by atoms with E-state index in [9.17, 15) is 0 Å². The van der Waals surface area contributed by atoms with Gasteiger partial charge in [0, 0.05) is 19.8 Å². The molecule has 0 aromatic rings. The van der Waals surface area contributed by atoms with Crippen molar-refractivity contribution < 1.29 is 9.47 Å². The quantitative estimate of drug-likeness (QED) is 0.136. The second-order valence-electron chi connectivity index (χ2n) is 6.54. The number of hydrogen-bond donors (Lipinski definition) is 0.